The van der Waals surface area contributed by atoms with Crippen molar-refractivity contribution in [3.63, 3.8) is 0 Å². The van der Waals surface area contributed by atoms with E-state index in [2.05, 4.69) is 78.9 Å². The van der Waals surface area contributed by atoms with Gasteiger partial charge in [-0.1, -0.05) is 72.8 Å². The van der Waals surface area contributed by atoms with E-state index in [1.807, 2.05) is 23.9 Å². The van der Waals surface area contributed by atoms with Crippen LogP contribution in [0.15, 0.2) is 77.7 Å². The number of fused-ring (bicyclic) bond motifs is 5. The van der Waals surface area contributed by atoms with E-state index >= 15 is 0 Å². The Kier molecular flexibility index (Phi) is 3.61. The van der Waals surface area contributed by atoms with Crippen molar-refractivity contribution in [3.05, 3.63) is 100 Å². The van der Waals surface area contributed by atoms with Crippen LogP contribution in [0.4, 0.5) is 0 Å². The second-order valence-electron chi connectivity index (χ2n) is 6.46. The molecule has 0 aliphatic heterocycles. The normalized spacial score (nSPS) is 16.4. The van der Waals surface area contributed by atoms with Crippen LogP contribution >= 0.6 is 11.8 Å². The van der Waals surface area contributed by atoms with Crippen molar-refractivity contribution in [1.29, 1.82) is 0 Å². The predicted molar refractivity (Wildman–Crippen MR) is 107 cm³/mol. The zero-order valence-electron chi connectivity index (χ0n) is 13.8. The molecule has 0 heterocycles. The zero-order valence-corrected chi connectivity index (χ0v) is 14.6. The van der Waals surface area contributed by atoms with E-state index in [9.17, 15) is 0 Å². The monoisotopic (exact) mass is 337 g/mol. The number of benzene rings is 3. The van der Waals surface area contributed by atoms with Gasteiger partial charge in [0.25, 0.3) is 0 Å². The van der Waals surface area contributed by atoms with E-state index in [4.69, 9.17) is 0 Å². The molecule has 3 aromatic rings. The molecular weight excluding hydrogens is 320 g/mol. The molecule has 3 aromatic carbocycles. The number of rotatable bonds is 3. The summed E-state index contributed by atoms with van der Waals surface area (Å²) in [6, 6.07) is 24.8. The summed E-state index contributed by atoms with van der Waals surface area (Å²) in [5.41, 5.74) is 5.61. The van der Waals surface area contributed by atoms with Gasteiger partial charge in [-0.2, -0.15) is 0 Å². The van der Waals surface area contributed by atoms with E-state index in [-0.39, 0.29) is 0 Å². The standard InChI is InChI=1S/C24H17S/c1-2-10-21(11-3-1)25-16-20-9-6-8-17-13-14-19-15-18-7-4-5-12-22(18)24(19)23(17)20/h1-10,12-15,20H,16H2. The second-order valence-corrected chi connectivity index (χ2v) is 7.52. The van der Waals surface area contributed by atoms with Crippen LogP contribution in [0, 0.1) is 6.07 Å². The Hall–Kier alpha value is -2.51. The lowest BCUT2D eigenvalue weighted by Gasteiger charge is -2.20. The third kappa shape index (κ3) is 2.56. The van der Waals surface area contributed by atoms with Crippen molar-refractivity contribution in [2.45, 2.75) is 10.8 Å². The van der Waals surface area contributed by atoms with Gasteiger partial charge in [0.1, 0.15) is 0 Å². The van der Waals surface area contributed by atoms with Gasteiger partial charge in [-0.15, -0.1) is 11.8 Å². The molecule has 0 spiro atoms. The number of hydrogen-bond acceptors (Lipinski definition) is 1. The summed E-state index contributed by atoms with van der Waals surface area (Å²) in [5.74, 6) is 1.46. The Bertz CT molecular complexity index is 1090. The molecule has 2 aliphatic carbocycles. The van der Waals surface area contributed by atoms with Crippen LogP contribution in [0.1, 0.15) is 17.0 Å². The first-order valence-electron chi connectivity index (χ1n) is 8.62. The highest BCUT2D eigenvalue weighted by Crippen LogP contribution is 2.35. The lowest BCUT2D eigenvalue weighted by Crippen LogP contribution is -2.22. The van der Waals surface area contributed by atoms with Crippen molar-refractivity contribution in [1.82, 2.24) is 0 Å². The molecule has 2 aliphatic rings. The van der Waals surface area contributed by atoms with Gasteiger partial charge >= 0.3 is 0 Å². The number of allylic oxidation sites excluding steroid dienone is 2. The van der Waals surface area contributed by atoms with Gasteiger partial charge in [0.2, 0.25) is 0 Å². The van der Waals surface area contributed by atoms with Crippen molar-refractivity contribution >= 4 is 23.9 Å². The Morgan fingerprint density at radius 2 is 1.80 bits per heavy atom. The van der Waals surface area contributed by atoms with Gasteiger partial charge in [0.15, 0.2) is 0 Å². The molecule has 25 heavy (non-hydrogen) atoms. The fourth-order valence-corrected chi connectivity index (χ4v) is 4.77. The van der Waals surface area contributed by atoms with Crippen molar-refractivity contribution in [2.24, 2.45) is 0 Å². The molecule has 1 atom stereocenters. The lowest BCUT2D eigenvalue weighted by molar-refractivity contribution is 0.966. The fraction of sp³-hybridized carbons (Fsp3) is 0.0833. The Labute approximate surface area is 152 Å². The Morgan fingerprint density at radius 1 is 0.920 bits per heavy atom. The maximum atomic E-state index is 3.32. The van der Waals surface area contributed by atoms with Gasteiger partial charge in [0, 0.05) is 16.6 Å². The molecule has 5 rings (SSSR count). The maximum Gasteiger partial charge on any atom is 0.0151 e. The SMILES string of the molecule is [c]1ccccc1SCC1C=CC=c2ccc3c(c21)-c1ccccc1C=3. The minimum absolute atomic E-state index is 0.424. The highest BCUT2D eigenvalue weighted by molar-refractivity contribution is 7.99. The van der Waals surface area contributed by atoms with E-state index in [0.717, 1.165) is 5.75 Å². The minimum atomic E-state index is 0.424. The van der Waals surface area contributed by atoms with Gasteiger partial charge < -0.3 is 0 Å². The van der Waals surface area contributed by atoms with Crippen molar-refractivity contribution in [3.8, 4) is 11.1 Å². The van der Waals surface area contributed by atoms with E-state index < -0.39 is 0 Å². The van der Waals surface area contributed by atoms with Crippen LogP contribution in [-0.4, -0.2) is 5.75 Å². The van der Waals surface area contributed by atoms with Crippen molar-refractivity contribution < 1.29 is 0 Å². The first-order valence-corrected chi connectivity index (χ1v) is 9.61. The molecule has 0 N–H and O–H groups in total. The van der Waals surface area contributed by atoms with Gasteiger partial charge in [-0.3, -0.25) is 0 Å². The van der Waals surface area contributed by atoms with Crippen LogP contribution in [0.3, 0.4) is 0 Å². The molecule has 0 saturated heterocycles. The average Bonchev–Trinajstić information content (AvgIpc) is 3.06. The predicted octanol–water partition coefficient (Wildman–Crippen LogP) is 4.52. The molecule has 0 bridgehead atoms. The molecule has 0 amide bonds. The highest BCUT2D eigenvalue weighted by atomic mass is 32.2. The first kappa shape index (κ1) is 14.8. The highest BCUT2D eigenvalue weighted by Gasteiger charge is 2.22. The maximum absolute atomic E-state index is 3.32. The molecule has 1 radical (unpaired) electrons. The molecule has 0 saturated carbocycles. The molecule has 1 heteroatoms. The Morgan fingerprint density at radius 3 is 2.72 bits per heavy atom. The summed E-state index contributed by atoms with van der Waals surface area (Å²) in [5, 5.41) is 2.71. The molecular formula is C24H17S. The summed E-state index contributed by atoms with van der Waals surface area (Å²) < 4.78 is 0. The summed E-state index contributed by atoms with van der Waals surface area (Å²) in [7, 11) is 0. The number of thioether (sulfide) groups is 1. The van der Waals surface area contributed by atoms with Crippen LogP contribution in [0.2, 0.25) is 0 Å². The quantitative estimate of drug-likeness (QED) is 0.495. The minimum Gasteiger partial charge on any atom is -0.125 e. The smallest absolute Gasteiger partial charge is 0.0151 e. The van der Waals surface area contributed by atoms with Crippen LogP contribution < -0.4 is 10.4 Å². The Balaban J connectivity index is 1.59. The van der Waals surface area contributed by atoms with Crippen LogP contribution in [-0.2, 0) is 0 Å². The third-order valence-corrected chi connectivity index (χ3v) is 6.03. The largest absolute Gasteiger partial charge is 0.125 e. The zero-order chi connectivity index (χ0) is 16.6. The third-order valence-electron chi connectivity index (χ3n) is 4.94. The fourth-order valence-electron chi connectivity index (χ4n) is 3.81. The average molecular weight is 337 g/mol. The summed E-state index contributed by atoms with van der Waals surface area (Å²) in [4.78, 5) is 1.21. The number of hydrogen-bond donors (Lipinski definition) is 0. The lowest BCUT2D eigenvalue weighted by atomic mass is 9.87. The van der Waals surface area contributed by atoms with Gasteiger partial charge in [-0.05, 0) is 50.9 Å². The molecule has 119 valence electrons. The molecule has 0 aromatic heterocycles. The van der Waals surface area contributed by atoms with Gasteiger partial charge in [-0.25, -0.2) is 0 Å². The molecule has 1 unspecified atom stereocenters. The summed E-state index contributed by atoms with van der Waals surface area (Å²) in [6.45, 7) is 0. The van der Waals surface area contributed by atoms with Gasteiger partial charge in [0.05, 0.1) is 0 Å². The van der Waals surface area contributed by atoms with Crippen molar-refractivity contribution in [2.75, 3.05) is 5.75 Å². The van der Waals surface area contributed by atoms with E-state index in [1.54, 1.807) is 0 Å². The van der Waals surface area contributed by atoms with Crippen LogP contribution in [0.5, 0.6) is 0 Å². The van der Waals surface area contributed by atoms with Crippen LogP contribution in [0.25, 0.3) is 23.3 Å². The summed E-state index contributed by atoms with van der Waals surface area (Å²) in [6.07, 6.45) is 9.11. The summed E-state index contributed by atoms with van der Waals surface area (Å²) >= 11 is 1.89. The molecule has 0 nitrogen and oxygen atoms in total. The topological polar surface area (TPSA) is 0 Å². The van der Waals surface area contributed by atoms with E-state index in [0.29, 0.717) is 5.92 Å². The second kappa shape index (κ2) is 6.09. The first-order chi connectivity index (χ1) is 12.4. The van der Waals surface area contributed by atoms with E-state index in [1.165, 1.54) is 37.6 Å². The molecule has 0 fully saturated rings.